The summed E-state index contributed by atoms with van der Waals surface area (Å²) in [5, 5.41) is 13.2. The van der Waals surface area contributed by atoms with E-state index in [1.54, 1.807) is 7.11 Å². The predicted octanol–water partition coefficient (Wildman–Crippen LogP) is 3.84. The maximum absolute atomic E-state index is 5.41. The van der Waals surface area contributed by atoms with Crippen molar-refractivity contribution in [3.63, 3.8) is 0 Å². The molecule has 2 saturated carbocycles. The van der Waals surface area contributed by atoms with Crippen LogP contribution < -0.4 is 4.74 Å². The molecule has 5 rings (SSSR count). The highest BCUT2D eigenvalue weighted by Crippen LogP contribution is 2.35. The van der Waals surface area contributed by atoms with E-state index in [4.69, 9.17) is 4.74 Å². The molecule has 1 aromatic heterocycles. The number of aromatic nitrogens is 4. The Kier molecular flexibility index (Phi) is 6.50. The average Bonchev–Trinajstić information content (AvgIpc) is 3.54. The van der Waals surface area contributed by atoms with Gasteiger partial charge in [0.05, 0.1) is 19.2 Å². The first-order valence-electron chi connectivity index (χ1n) is 12.2. The van der Waals surface area contributed by atoms with Crippen molar-refractivity contribution in [3.05, 3.63) is 35.7 Å². The monoisotopic (exact) mass is 424 g/mol. The lowest BCUT2D eigenvalue weighted by Gasteiger charge is -2.41. The van der Waals surface area contributed by atoms with Gasteiger partial charge in [0.1, 0.15) is 5.75 Å². The van der Waals surface area contributed by atoms with Gasteiger partial charge in [0.15, 0.2) is 5.82 Å². The lowest BCUT2D eigenvalue weighted by atomic mass is 9.95. The lowest BCUT2D eigenvalue weighted by molar-refractivity contribution is 0.0760. The van der Waals surface area contributed by atoms with E-state index in [0.29, 0.717) is 6.04 Å². The zero-order chi connectivity index (χ0) is 21.0. The number of ether oxygens (including phenoxy) is 1. The van der Waals surface area contributed by atoms with Crippen LogP contribution in [0.2, 0.25) is 0 Å². The molecule has 1 aliphatic heterocycles. The van der Waals surface area contributed by atoms with Gasteiger partial charge in [-0.05, 0) is 53.8 Å². The molecule has 0 amide bonds. The first-order valence-corrected chi connectivity index (χ1v) is 12.2. The lowest BCUT2D eigenvalue weighted by Crippen LogP contribution is -2.51. The largest absolute Gasteiger partial charge is 0.497 e. The molecule has 0 radical (unpaired) electrons. The van der Waals surface area contributed by atoms with Gasteiger partial charge in [-0.25, -0.2) is 4.68 Å². The fourth-order valence-corrected chi connectivity index (χ4v) is 5.91. The summed E-state index contributed by atoms with van der Waals surface area (Å²) in [5.41, 5.74) is 1.25. The van der Waals surface area contributed by atoms with Gasteiger partial charge < -0.3 is 4.74 Å². The second kappa shape index (κ2) is 9.65. The van der Waals surface area contributed by atoms with Gasteiger partial charge >= 0.3 is 0 Å². The van der Waals surface area contributed by atoms with Crippen LogP contribution in [-0.2, 0) is 0 Å². The number of tetrazole rings is 1. The Bertz CT molecular complexity index is 817. The van der Waals surface area contributed by atoms with Crippen LogP contribution in [0.1, 0.15) is 81.3 Å². The molecule has 0 spiro atoms. The number of hydrogen-bond acceptors (Lipinski definition) is 6. The summed E-state index contributed by atoms with van der Waals surface area (Å²) in [7, 11) is 1.72. The third-order valence-corrected chi connectivity index (χ3v) is 7.67. The van der Waals surface area contributed by atoms with E-state index in [1.165, 1.54) is 63.4 Å². The number of methoxy groups -OCH3 is 1. The van der Waals surface area contributed by atoms with Gasteiger partial charge in [-0.3, -0.25) is 9.80 Å². The van der Waals surface area contributed by atoms with Crippen molar-refractivity contribution < 1.29 is 4.74 Å². The summed E-state index contributed by atoms with van der Waals surface area (Å²) in [6.07, 6.45) is 11.8. The van der Waals surface area contributed by atoms with Crippen LogP contribution in [0.4, 0.5) is 0 Å². The van der Waals surface area contributed by atoms with Crippen LogP contribution in [0.25, 0.3) is 0 Å². The van der Waals surface area contributed by atoms with Gasteiger partial charge in [-0.2, -0.15) is 0 Å². The zero-order valence-corrected chi connectivity index (χ0v) is 18.8. The third-order valence-electron chi connectivity index (χ3n) is 7.67. The molecule has 0 bridgehead atoms. The van der Waals surface area contributed by atoms with Crippen molar-refractivity contribution in [2.24, 2.45) is 0 Å². The first kappa shape index (κ1) is 20.9. The SMILES string of the molecule is COc1ccc([C@@H](c2nnnn2C2CCCCC2)N2CCN(C3CCCC3)CC2)cc1. The van der Waals surface area contributed by atoms with Gasteiger partial charge in [0.25, 0.3) is 0 Å². The Hall–Kier alpha value is -1.99. The second-order valence-corrected chi connectivity index (χ2v) is 9.46. The molecule has 7 nitrogen and oxygen atoms in total. The zero-order valence-electron chi connectivity index (χ0n) is 18.8. The highest BCUT2D eigenvalue weighted by molar-refractivity contribution is 5.32. The summed E-state index contributed by atoms with van der Waals surface area (Å²) >= 11 is 0. The van der Waals surface area contributed by atoms with Crippen LogP contribution in [0, 0.1) is 0 Å². The molecule has 3 aliphatic rings. The molecule has 3 fully saturated rings. The number of benzene rings is 1. The number of rotatable bonds is 6. The molecule has 1 saturated heterocycles. The Morgan fingerprint density at radius 1 is 0.839 bits per heavy atom. The number of nitrogens with zero attached hydrogens (tertiary/aromatic N) is 6. The molecule has 2 aromatic rings. The maximum atomic E-state index is 5.41. The molecular weight excluding hydrogens is 388 g/mol. The van der Waals surface area contributed by atoms with E-state index >= 15 is 0 Å². The third kappa shape index (κ3) is 4.48. The van der Waals surface area contributed by atoms with E-state index in [0.717, 1.165) is 43.8 Å². The van der Waals surface area contributed by atoms with Gasteiger partial charge in [0, 0.05) is 32.2 Å². The van der Waals surface area contributed by atoms with Crippen LogP contribution in [-0.4, -0.2) is 69.3 Å². The predicted molar refractivity (Wildman–Crippen MR) is 120 cm³/mol. The molecule has 1 atom stereocenters. The van der Waals surface area contributed by atoms with Crippen molar-refractivity contribution >= 4 is 0 Å². The Morgan fingerprint density at radius 3 is 2.16 bits per heavy atom. The number of piperazine rings is 1. The molecule has 2 heterocycles. The molecule has 2 aliphatic carbocycles. The van der Waals surface area contributed by atoms with Crippen molar-refractivity contribution in [2.75, 3.05) is 33.3 Å². The quantitative estimate of drug-likeness (QED) is 0.702. The van der Waals surface area contributed by atoms with Gasteiger partial charge in [-0.15, -0.1) is 5.10 Å². The van der Waals surface area contributed by atoms with Crippen molar-refractivity contribution in [3.8, 4) is 5.75 Å². The molecular formula is C24H36N6O. The van der Waals surface area contributed by atoms with E-state index in [1.807, 2.05) is 0 Å². The minimum atomic E-state index is 0.0913. The van der Waals surface area contributed by atoms with Crippen molar-refractivity contribution in [1.82, 2.24) is 30.0 Å². The van der Waals surface area contributed by atoms with Crippen LogP contribution in [0.3, 0.4) is 0 Å². The van der Waals surface area contributed by atoms with E-state index in [9.17, 15) is 0 Å². The molecule has 0 N–H and O–H groups in total. The van der Waals surface area contributed by atoms with Crippen LogP contribution >= 0.6 is 0 Å². The summed E-state index contributed by atoms with van der Waals surface area (Å²) < 4.78 is 7.56. The Morgan fingerprint density at radius 2 is 1.48 bits per heavy atom. The first-order chi connectivity index (χ1) is 15.3. The summed E-state index contributed by atoms with van der Waals surface area (Å²) in [4.78, 5) is 5.32. The van der Waals surface area contributed by atoms with Crippen LogP contribution in [0.15, 0.2) is 24.3 Å². The molecule has 7 heteroatoms. The summed E-state index contributed by atoms with van der Waals surface area (Å²) in [5.74, 6) is 1.90. The average molecular weight is 425 g/mol. The molecule has 168 valence electrons. The van der Waals surface area contributed by atoms with Crippen molar-refractivity contribution in [2.45, 2.75) is 75.9 Å². The molecule has 31 heavy (non-hydrogen) atoms. The minimum absolute atomic E-state index is 0.0913. The van der Waals surface area contributed by atoms with E-state index in [2.05, 4.69) is 54.3 Å². The topological polar surface area (TPSA) is 59.3 Å². The van der Waals surface area contributed by atoms with Gasteiger partial charge in [-0.1, -0.05) is 44.2 Å². The van der Waals surface area contributed by atoms with Crippen LogP contribution in [0.5, 0.6) is 5.75 Å². The highest BCUT2D eigenvalue weighted by atomic mass is 16.5. The second-order valence-electron chi connectivity index (χ2n) is 9.46. The summed E-state index contributed by atoms with van der Waals surface area (Å²) in [6, 6.07) is 9.82. The normalized spacial score (nSPS) is 23.3. The Balaban J connectivity index is 1.41. The minimum Gasteiger partial charge on any atom is -0.497 e. The molecule has 0 unspecified atom stereocenters. The standard InChI is InChI=1S/C24H36N6O/c1-31-22-13-11-19(12-14-22)23(24-25-26-27-30(24)21-9-3-2-4-10-21)29-17-15-28(16-18-29)20-7-5-6-8-20/h11-14,20-21,23H,2-10,15-18H2,1H3/t23-/m0/s1. The summed E-state index contributed by atoms with van der Waals surface area (Å²) in [6.45, 7) is 4.40. The van der Waals surface area contributed by atoms with E-state index < -0.39 is 0 Å². The maximum Gasteiger partial charge on any atom is 0.173 e. The fraction of sp³-hybridized carbons (Fsp3) is 0.708. The smallest absolute Gasteiger partial charge is 0.173 e. The molecule has 1 aromatic carbocycles. The Labute approximate surface area is 185 Å². The van der Waals surface area contributed by atoms with Crippen molar-refractivity contribution in [1.29, 1.82) is 0 Å². The number of hydrogen-bond donors (Lipinski definition) is 0. The van der Waals surface area contributed by atoms with Gasteiger partial charge in [0.2, 0.25) is 0 Å². The fourth-order valence-electron chi connectivity index (χ4n) is 5.91. The highest BCUT2D eigenvalue weighted by Gasteiger charge is 2.34. The van der Waals surface area contributed by atoms with E-state index in [-0.39, 0.29) is 6.04 Å².